The number of ether oxygens (including phenoxy) is 1. The molecule has 1 aliphatic carbocycles. The molecule has 1 saturated heterocycles. The van der Waals surface area contributed by atoms with Crippen molar-refractivity contribution < 1.29 is 9.53 Å². The van der Waals surface area contributed by atoms with E-state index in [2.05, 4.69) is 0 Å². The van der Waals surface area contributed by atoms with Crippen molar-refractivity contribution in [2.24, 2.45) is 5.92 Å². The lowest BCUT2D eigenvalue weighted by atomic mass is 10.00. The molecular weight excluding hydrogens is 128 g/mol. The number of hydrogen-bond donors (Lipinski definition) is 0. The third-order valence-corrected chi connectivity index (χ3v) is 2.12. The summed E-state index contributed by atoms with van der Waals surface area (Å²) in [5, 5.41) is 0. The Morgan fingerprint density at radius 3 is 3.30 bits per heavy atom. The van der Waals surface area contributed by atoms with E-state index in [-0.39, 0.29) is 5.78 Å². The zero-order valence-electron chi connectivity index (χ0n) is 5.80. The van der Waals surface area contributed by atoms with Gasteiger partial charge in [-0.05, 0) is 12.8 Å². The van der Waals surface area contributed by atoms with Gasteiger partial charge in [-0.15, -0.1) is 0 Å². The molecule has 2 heteroatoms. The highest BCUT2D eigenvalue weighted by molar-refractivity contribution is 5.93. The molecule has 0 bridgehead atoms. The van der Waals surface area contributed by atoms with Crippen LogP contribution in [0.3, 0.4) is 0 Å². The molecule has 54 valence electrons. The van der Waals surface area contributed by atoms with E-state index in [1.54, 1.807) is 6.08 Å². The average molecular weight is 138 g/mol. The third kappa shape index (κ3) is 0.838. The summed E-state index contributed by atoms with van der Waals surface area (Å²) in [5.74, 6) is 1.61. The molecule has 0 N–H and O–H groups in total. The lowest BCUT2D eigenvalue weighted by Crippen LogP contribution is -2.11. The van der Waals surface area contributed by atoms with Gasteiger partial charge in [-0.25, -0.2) is 0 Å². The van der Waals surface area contributed by atoms with Gasteiger partial charge in [-0.1, -0.05) is 0 Å². The highest BCUT2D eigenvalue weighted by Crippen LogP contribution is 2.31. The van der Waals surface area contributed by atoms with E-state index < -0.39 is 0 Å². The maximum Gasteiger partial charge on any atom is 0.159 e. The van der Waals surface area contributed by atoms with Crippen molar-refractivity contribution in [2.45, 2.75) is 19.3 Å². The van der Waals surface area contributed by atoms with Crippen LogP contribution in [0.25, 0.3) is 0 Å². The van der Waals surface area contributed by atoms with E-state index in [0.717, 1.165) is 25.2 Å². The van der Waals surface area contributed by atoms with Gasteiger partial charge < -0.3 is 4.74 Å². The Balaban J connectivity index is 2.17. The van der Waals surface area contributed by atoms with Crippen molar-refractivity contribution in [1.29, 1.82) is 0 Å². The van der Waals surface area contributed by atoms with Gasteiger partial charge in [0.1, 0.15) is 5.76 Å². The molecule has 1 aliphatic heterocycles. The summed E-state index contributed by atoms with van der Waals surface area (Å²) >= 11 is 0. The molecule has 2 rings (SSSR count). The average Bonchev–Trinajstić information content (AvgIpc) is 2.27. The first-order valence-electron chi connectivity index (χ1n) is 3.73. The van der Waals surface area contributed by atoms with Crippen LogP contribution in [0.15, 0.2) is 11.8 Å². The summed E-state index contributed by atoms with van der Waals surface area (Å²) in [4.78, 5) is 10.9. The Kier molecular flexibility index (Phi) is 1.26. The van der Waals surface area contributed by atoms with Crippen molar-refractivity contribution in [3.05, 3.63) is 11.8 Å². The Morgan fingerprint density at radius 2 is 2.50 bits per heavy atom. The van der Waals surface area contributed by atoms with Gasteiger partial charge in [-0.2, -0.15) is 0 Å². The first-order valence-corrected chi connectivity index (χ1v) is 3.73. The normalized spacial score (nSPS) is 31.0. The van der Waals surface area contributed by atoms with Gasteiger partial charge >= 0.3 is 0 Å². The Bertz CT molecular complexity index is 193. The summed E-state index contributed by atoms with van der Waals surface area (Å²) in [5.41, 5.74) is 0. The minimum atomic E-state index is 0.238. The number of hydrogen-bond acceptors (Lipinski definition) is 2. The fourth-order valence-corrected chi connectivity index (χ4v) is 1.60. The molecule has 0 amide bonds. The maximum absolute atomic E-state index is 10.9. The molecule has 1 atom stereocenters. The smallest absolute Gasteiger partial charge is 0.159 e. The predicted molar refractivity (Wildman–Crippen MR) is 36.4 cm³/mol. The van der Waals surface area contributed by atoms with Crippen LogP contribution in [0.4, 0.5) is 0 Å². The van der Waals surface area contributed by atoms with Gasteiger partial charge in [0.25, 0.3) is 0 Å². The highest BCUT2D eigenvalue weighted by Gasteiger charge is 2.28. The van der Waals surface area contributed by atoms with Crippen LogP contribution in [0.1, 0.15) is 19.3 Å². The molecule has 0 radical (unpaired) electrons. The zero-order chi connectivity index (χ0) is 6.97. The topological polar surface area (TPSA) is 26.3 Å². The van der Waals surface area contributed by atoms with Crippen LogP contribution in [0.2, 0.25) is 0 Å². The first-order chi connectivity index (χ1) is 4.86. The first kappa shape index (κ1) is 5.96. The molecule has 0 aromatic rings. The molecule has 0 saturated carbocycles. The fraction of sp³-hybridized carbons (Fsp3) is 0.625. The highest BCUT2D eigenvalue weighted by atomic mass is 16.5. The van der Waals surface area contributed by atoms with Crippen molar-refractivity contribution in [3.8, 4) is 0 Å². The monoisotopic (exact) mass is 138 g/mol. The molecule has 1 heterocycles. The van der Waals surface area contributed by atoms with Crippen molar-refractivity contribution >= 4 is 5.78 Å². The molecule has 1 fully saturated rings. The minimum Gasteiger partial charge on any atom is -0.498 e. The second-order valence-corrected chi connectivity index (χ2v) is 2.90. The largest absolute Gasteiger partial charge is 0.498 e. The van der Waals surface area contributed by atoms with Gasteiger partial charge in [0, 0.05) is 18.4 Å². The molecule has 2 nitrogen and oxygen atoms in total. The Morgan fingerprint density at radius 1 is 1.60 bits per heavy atom. The molecule has 0 aromatic heterocycles. The van der Waals surface area contributed by atoms with E-state index >= 15 is 0 Å². The van der Waals surface area contributed by atoms with Gasteiger partial charge in [0.05, 0.1) is 6.61 Å². The fourth-order valence-electron chi connectivity index (χ4n) is 1.60. The van der Waals surface area contributed by atoms with Gasteiger partial charge in [-0.3, -0.25) is 4.79 Å². The van der Waals surface area contributed by atoms with E-state index in [9.17, 15) is 4.79 Å². The second kappa shape index (κ2) is 2.11. The van der Waals surface area contributed by atoms with Crippen LogP contribution in [0.5, 0.6) is 0 Å². The molecule has 0 spiro atoms. The standard InChI is InChI=1S/C8H10O2/c9-7-4-6-2-1-3-10-8(6)5-7/h5-6H,1-4H2. The third-order valence-electron chi connectivity index (χ3n) is 2.12. The molecule has 0 aromatic carbocycles. The SMILES string of the molecule is O=C1C=C2OCCCC2C1. The summed E-state index contributed by atoms with van der Waals surface area (Å²) in [6, 6.07) is 0. The quantitative estimate of drug-likeness (QED) is 0.504. The molecule has 10 heavy (non-hydrogen) atoms. The van der Waals surface area contributed by atoms with E-state index in [1.807, 2.05) is 0 Å². The van der Waals surface area contributed by atoms with Crippen molar-refractivity contribution in [2.75, 3.05) is 6.61 Å². The van der Waals surface area contributed by atoms with Crippen molar-refractivity contribution in [1.82, 2.24) is 0 Å². The number of carbonyl (C=O) groups is 1. The number of fused-ring (bicyclic) bond motifs is 1. The molecule has 1 unspecified atom stereocenters. The second-order valence-electron chi connectivity index (χ2n) is 2.90. The Hall–Kier alpha value is -0.790. The number of allylic oxidation sites excluding steroid dienone is 2. The summed E-state index contributed by atoms with van der Waals surface area (Å²) in [7, 11) is 0. The minimum absolute atomic E-state index is 0.238. The van der Waals surface area contributed by atoms with Crippen LogP contribution in [0, 0.1) is 5.92 Å². The number of rotatable bonds is 0. The summed E-state index contributed by atoms with van der Waals surface area (Å²) < 4.78 is 5.31. The number of ketones is 1. The lowest BCUT2D eigenvalue weighted by molar-refractivity contribution is -0.114. The van der Waals surface area contributed by atoms with Crippen LogP contribution < -0.4 is 0 Å². The van der Waals surface area contributed by atoms with E-state index in [1.165, 1.54) is 0 Å². The summed E-state index contributed by atoms with van der Waals surface area (Å²) in [6.07, 6.45) is 4.59. The van der Waals surface area contributed by atoms with Crippen LogP contribution >= 0.6 is 0 Å². The molecule has 2 aliphatic rings. The lowest BCUT2D eigenvalue weighted by Gasteiger charge is -2.20. The van der Waals surface area contributed by atoms with E-state index in [0.29, 0.717) is 12.3 Å². The Labute approximate surface area is 59.9 Å². The van der Waals surface area contributed by atoms with Crippen LogP contribution in [-0.2, 0) is 9.53 Å². The predicted octanol–water partition coefficient (Wildman–Crippen LogP) is 1.27. The molecular formula is C8H10O2. The van der Waals surface area contributed by atoms with Crippen molar-refractivity contribution in [3.63, 3.8) is 0 Å². The summed E-state index contributed by atoms with van der Waals surface area (Å²) in [6.45, 7) is 0.801. The van der Waals surface area contributed by atoms with E-state index in [4.69, 9.17) is 4.74 Å². The van der Waals surface area contributed by atoms with Crippen LogP contribution in [-0.4, -0.2) is 12.4 Å². The number of carbonyl (C=O) groups excluding carboxylic acids is 1. The van der Waals surface area contributed by atoms with Gasteiger partial charge in [0.15, 0.2) is 5.78 Å². The maximum atomic E-state index is 10.9. The zero-order valence-corrected chi connectivity index (χ0v) is 5.80. The van der Waals surface area contributed by atoms with Gasteiger partial charge in [0.2, 0.25) is 0 Å².